The van der Waals surface area contributed by atoms with Gasteiger partial charge >= 0.3 is 0 Å². The normalized spacial score (nSPS) is 15.7. The first kappa shape index (κ1) is 21.6. The van der Waals surface area contributed by atoms with Crippen molar-refractivity contribution in [1.82, 2.24) is 25.0 Å². The first-order chi connectivity index (χ1) is 17.0. The molecular formula is C25H22ClN7O2. The predicted molar refractivity (Wildman–Crippen MR) is 134 cm³/mol. The first-order valence-electron chi connectivity index (χ1n) is 11.3. The molecule has 0 bridgehead atoms. The number of halogens is 1. The minimum atomic E-state index is -0.596. The number of benzene rings is 2. The number of aromatic amines is 1. The number of aromatic nitrogens is 3. The van der Waals surface area contributed by atoms with E-state index in [0.29, 0.717) is 16.8 Å². The molecule has 176 valence electrons. The van der Waals surface area contributed by atoms with E-state index in [4.69, 9.17) is 11.8 Å². The number of hydrogen-bond donors (Lipinski definition) is 4. The molecule has 0 fully saturated rings. The SMILES string of the molecule is Cn1cc(-c2[nH]c3cc(NC(=O)[C@H](NCl)C4Cc5ccccc5C4)cc4c3c2C=NNC4=O)cn1. The van der Waals surface area contributed by atoms with E-state index in [2.05, 4.69) is 42.9 Å². The van der Waals surface area contributed by atoms with Gasteiger partial charge in [-0.05, 0) is 53.8 Å². The van der Waals surface area contributed by atoms with Gasteiger partial charge in [0.2, 0.25) is 5.91 Å². The fourth-order valence-electron chi connectivity index (χ4n) is 5.13. The Kier molecular flexibility index (Phi) is 5.16. The van der Waals surface area contributed by atoms with Gasteiger partial charge in [0.1, 0.15) is 6.04 Å². The molecule has 10 heteroatoms. The fourth-order valence-corrected chi connectivity index (χ4v) is 5.41. The number of amides is 2. The largest absolute Gasteiger partial charge is 0.354 e. The van der Waals surface area contributed by atoms with Gasteiger partial charge in [0.15, 0.2) is 0 Å². The third-order valence-electron chi connectivity index (χ3n) is 6.76. The molecule has 0 radical (unpaired) electrons. The molecule has 2 aliphatic rings. The van der Waals surface area contributed by atoms with Crippen LogP contribution in [0.1, 0.15) is 27.0 Å². The number of hydrogen-bond acceptors (Lipinski definition) is 5. The molecule has 1 atom stereocenters. The molecular weight excluding hydrogens is 466 g/mol. The van der Waals surface area contributed by atoms with Crippen LogP contribution >= 0.6 is 11.8 Å². The highest BCUT2D eigenvalue weighted by atomic mass is 35.5. The van der Waals surface area contributed by atoms with Crippen LogP contribution in [0.15, 0.2) is 53.9 Å². The third kappa shape index (κ3) is 3.69. The summed E-state index contributed by atoms with van der Waals surface area (Å²) in [5.41, 5.74) is 9.07. The summed E-state index contributed by atoms with van der Waals surface area (Å²) in [7, 11) is 1.84. The van der Waals surface area contributed by atoms with Crippen molar-refractivity contribution in [2.24, 2.45) is 18.1 Å². The van der Waals surface area contributed by atoms with E-state index in [1.54, 1.807) is 23.2 Å². The molecule has 9 nitrogen and oxygen atoms in total. The summed E-state index contributed by atoms with van der Waals surface area (Å²) in [6, 6.07) is 11.1. The summed E-state index contributed by atoms with van der Waals surface area (Å²) in [6.45, 7) is 0. The minimum absolute atomic E-state index is 0.0288. The standard InChI is InChI=1S/C25H22ClN7O2/c1-33-12-16(10-28-33)22-19-11-27-32-24(34)18-8-17(9-20(30-22)21(18)19)29-25(35)23(31-26)15-6-13-4-2-3-5-14(13)7-15/h2-5,8-12,15,23,30-31H,6-7H2,1H3,(H,29,35)(H,32,34)/t23-/m1/s1. The molecule has 4 aromatic rings. The van der Waals surface area contributed by atoms with Gasteiger partial charge in [0, 0.05) is 41.0 Å². The van der Waals surface area contributed by atoms with Gasteiger partial charge in [0.05, 0.1) is 23.7 Å². The molecule has 3 heterocycles. The smallest absolute Gasteiger partial charge is 0.272 e. The number of fused-ring (bicyclic) bond motifs is 1. The molecule has 0 unspecified atom stereocenters. The van der Waals surface area contributed by atoms with Crippen LogP contribution in [0.25, 0.3) is 22.2 Å². The maximum absolute atomic E-state index is 13.3. The topological polar surface area (TPSA) is 116 Å². The quantitative estimate of drug-likeness (QED) is 0.324. The Morgan fingerprint density at radius 2 is 2.00 bits per heavy atom. The van der Waals surface area contributed by atoms with Crippen molar-refractivity contribution in [3.8, 4) is 11.3 Å². The first-order valence-corrected chi connectivity index (χ1v) is 11.7. The average Bonchev–Trinajstić information content (AvgIpc) is 3.52. The Hall–Kier alpha value is -3.95. The van der Waals surface area contributed by atoms with Crippen LogP contribution in [-0.2, 0) is 24.7 Å². The van der Waals surface area contributed by atoms with Crippen molar-refractivity contribution in [1.29, 1.82) is 0 Å². The molecule has 0 saturated carbocycles. The van der Waals surface area contributed by atoms with Crippen molar-refractivity contribution in [3.05, 3.63) is 71.0 Å². The van der Waals surface area contributed by atoms with E-state index in [1.165, 1.54) is 11.1 Å². The van der Waals surface area contributed by atoms with Gasteiger partial charge in [-0.25, -0.2) is 10.3 Å². The zero-order valence-electron chi connectivity index (χ0n) is 18.8. The van der Waals surface area contributed by atoms with Crippen LogP contribution in [0.4, 0.5) is 5.69 Å². The summed E-state index contributed by atoms with van der Waals surface area (Å²) >= 11 is 6.05. The molecule has 1 aliphatic carbocycles. The van der Waals surface area contributed by atoms with Gasteiger partial charge in [-0.15, -0.1) is 0 Å². The van der Waals surface area contributed by atoms with Gasteiger partial charge < -0.3 is 10.3 Å². The number of rotatable bonds is 5. The van der Waals surface area contributed by atoms with Crippen LogP contribution in [0.5, 0.6) is 0 Å². The number of carbonyl (C=O) groups excluding carboxylic acids is 2. The average molecular weight is 488 g/mol. The van der Waals surface area contributed by atoms with Gasteiger partial charge in [-0.3, -0.25) is 14.3 Å². The second-order valence-electron chi connectivity index (χ2n) is 8.97. The van der Waals surface area contributed by atoms with Crippen molar-refractivity contribution in [2.45, 2.75) is 18.9 Å². The fraction of sp³-hybridized carbons (Fsp3) is 0.200. The lowest BCUT2D eigenvalue weighted by atomic mass is 9.96. The van der Waals surface area contributed by atoms with Crippen LogP contribution in [0, 0.1) is 5.92 Å². The zero-order chi connectivity index (χ0) is 24.1. The van der Waals surface area contributed by atoms with E-state index in [-0.39, 0.29) is 17.7 Å². The van der Waals surface area contributed by atoms with Crippen LogP contribution in [-0.4, -0.2) is 38.8 Å². The Bertz CT molecular complexity index is 1490. The van der Waals surface area contributed by atoms with Gasteiger partial charge in [-0.2, -0.15) is 10.2 Å². The second kappa shape index (κ2) is 8.37. The summed E-state index contributed by atoms with van der Waals surface area (Å²) in [4.78, 5) is 32.1. The summed E-state index contributed by atoms with van der Waals surface area (Å²) in [6.07, 6.45) is 6.79. The van der Waals surface area contributed by atoms with E-state index in [0.717, 1.165) is 35.0 Å². The monoisotopic (exact) mass is 487 g/mol. The maximum Gasteiger partial charge on any atom is 0.272 e. The molecule has 0 saturated heterocycles. The molecule has 2 amide bonds. The summed E-state index contributed by atoms with van der Waals surface area (Å²) < 4.78 is 1.71. The highest BCUT2D eigenvalue weighted by Gasteiger charge is 2.33. The number of carbonyl (C=O) groups is 2. The van der Waals surface area contributed by atoms with E-state index in [1.807, 2.05) is 31.4 Å². The predicted octanol–water partition coefficient (Wildman–Crippen LogP) is 3.11. The Balaban J connectivity index is 1.34. The van der Waals surface area contributed by atoms with E-state index < -0.39 is 6.04 Å². The molecule has 1 aliphatic heterocycles. The van der Waals surface area contributed by atoms with Gasteiger partial charge in [0.25, 0.3) is 5.91 Å². The number of nitrogens with zero attached hydrogens (tertiary/aromatic N) is 3. The van der Waals surface area contributed by atoms with Crippen LogP contribution < -0.4 is 15.6 Å². The van der Waals surface area contributed by atoms with Crippen molar-refractivity contribution < 1.29 is 9.59 Å². The zero-order valence-corrected chi connectivity index (χ0v) is 19.6. The number of aryl methyl sites for hydroxylation is 1. The highest BCUT2D eigenvalue weighted by Crippen LogP contribution is 2.35. The minimum Gasteiger partial charge on any atom is -0.354 e. The molecule has 2 aromatic carbocycles. The Morgan fingerprint density at radius 1 is 1.23 bits per heavy atom. The number of anilines is 1. The van der Waals surface area contributed by atoms with Crippen molar-refractivity contribution in [2.75, 3.05) is 5.32 Å². The van der Waals surface area contributed by atoms with Crippen molar-refractivity contribution >= 4 is 46.4 Å². The second-order valence-corrected chi connectivity index (χ2v) is 9.19. The maximum atomic E-state index is 13.3. The molecule has 4 N–H and O–H groups in total. The summed E-state index contributed by atoms with van der Waals surface area (Å²) in [5, 5.41) is 12.0. The number of nitrogens with one attached hydrogen (secondary N) is 4. The molecule has 0 spiro atoms. The van der Waals surface area contributed by atoms with E-state index in [9.17, 15) is 9.59 Å². The molecule has 35 heavy (non-hydrogen) atoms. The Morgan fingerprint density at radius 3 is 2.69 bits per heavy atom. The van der Waals surface area contributed by atoms with Gasteiger partial charge in [-0.1, -0.05) is 24.3 Å². The summed E-state index contributed by atoms with van der Waals surface area (Å²) in [5.74, 6) is -0.578. The third-order valence-corrected chi connectivity index (χ3v) is 6.99. The van der Waals surface area contributed by atoms with Crippen molar-refractivity contribution in [3.63, 3.8) is 0 Å². The molecule has 6 rings (SSSR count). The lowest BCUT2D eigenvalue weighted by Crippen LogP contribution is -2.42. The Labute approximate surface area is 205 Å². The molecule has 2 aromatic heterocycles. The highest BCUT2D eigenvalue weighted by molar-refractivity contribution is 6.19. The number of H-pyrrole nitrogens is 1. The lowest BCUT2D eigenvalue weighted by molar-refractivity contribution is -0.118. The van der Waals surface area contributed by atoms with Crippen LogP contribution in [0.3, 0.4) is 0 Å². The number of hydrazone groups is 1. The lowest BCUT2D eigenvalue weighted by Gasteiger charge is -2.21. The van der Waals surface area contributed by atoms with Crippen LogP contribution in [0.2, 0.25) is 0 Å². The van der Waals surface area contributed by atoms with E-state index >= 15 is 0 Å².